The van der Waals surface area contributed by atoms with Gasteiger partial charge in [0.1, 0.15) is 0 Å². The smallest absolute Gasteiger partial charge is 0.309 e. The zero-order chi connectivity index (χ0) is 14.9. The molecule has 0 bridgehead atoms. The van der Waals surface area contributed by atoms with Crippen LogP contribution < -0.4 is 5.56 Å². The van der Waals surface area contributed by atoms with Crippen LogP contribution in [0.4, 0.5) is 0 Å². The van der Waals surface area contributed by atoms with Gasteiger partial charge in [0.05, 0.1) is 5.69 Å². The van der Waals surface area contributed by atoms with Gasteiger partial charge in [-0.05, 0) is 19.8 Å². The summed E-state index contributed by atoms with van der Waals surface area (Å²) in [6.07, 6.45) is 0. The van der Waals surface area contributed by atoms with Gasteiger partial charge < -0.3 is 5.11 Å². The van der Waals surface area contributed by atoms with Crippen LogP contribution in [0.15, 0.2) is 29.1 Å². The molecule has 20 heavy (non-hydrogen) atoms. The van der Waals surface area contributed by atoms with Gasteiger partial charge in [-0.2, -0.15) is 5.10 Å². The Morgan fingerprint density at radius 3 is 2.35 bits per heavy atom. The van der Waals surface area contributed by atoms with Gasteiger partial charge in [0, 0.05) is 17.7 Å². The summed E-state index contributed by atoms with van der Waals surface area (Å²) in [7, 11) is 0. The summed E-state index contributed by atoms with van der Waals surface area (Å²) in [6.45, 7) is 8.25. The monoisotopic (exact) mass is 272 g/mol. The largest absolute Gasteiger partial charge is 0.503 e. The Balaban J connectivity index is 2.61. The first kappa shape index (κ1) is 14.3. The fraction of sp³-hybridized carbons (Fsp3) is 0.375. The van der Waals surface area contributed by atoms with Crippen molar-refractivity contribution in [1.29, 1.82) is 0 Å². The number of hydrogen-bond acceptors (Lipinski definition) is 3. The summed E-state index contributed by atoms with van der Waals surface area (Å²) in [4.78, 5) is 12.0. The van der Waals surface area contributed by atoms with Crippen LogP contribution in [0.1, 0.15) is 25.0 Å². The minimum Gasteiger partial charge on any atom is -0.503 e. The van der Waals surface area contributed by atoms with Crippen molar-refractivity contribution in [2.75, 3.05) is 0 Å². The number of aromatic nitrogens is 2. The van der Waals surface area contributed by atoms with Crippen LogP contribution in [0.3, 0.4) is 0 Å². The van der Waals surface area contributed by atoms with Gasteiger partial charge in [0.15, 0.2) is 5.75 Å². The first-order chi connectivity index (χ1) is 9.40. The standard InChI is InChI=1S/C16H20N2O2/c1-10(2)9-18-16(20)15(19)12(4)14(17-18)13-7-5-11(3)6-8-13/h5-8,10,19H,9H2,1-4H3. The fourth-order valence-corrected chi connectivity index (χ4v) is 2.09. The molecule has 2 aromatic rings. The molecule has 4 nitrogen and oxygen atoms in total. The van der Waals surface area contributed by atoms with E-state index in [0.29, 0.717) is 17.8 Å². The van der Waals surface area contributed by atoms with Gasteiger partial charge in [-0.15, -0.1) is 0 Å². The van der Waals surface area contributed by atoms with E-state index < -0.39 is 5.56 Å². The van der Waals surface area contributed by atoms with Gasteiger partial charge in [-0.3, -0.25) is 4.79 Å². The molecule has 0 amide bonds. The summed E-state index contributed by atoms with van der Waals surface area (Å²) >= 11 is 0. The van der Waals surface area contributed by atoms with Crippen molar-refractivity contribution in [1.82, 2.24) is 9.78 Å². The van der Waals surface area contributed by atoms with E-state index in [-0.39, 0.29) is 11.7 Å². The van der Waals surface area contributed by atoms with E-state index >= 15 is 0 Å². The van der Waals surface area contributed by atoms with Crippen molar-refractivity contribution in [3.05, 3.63) is 45.7 Å². The summed E-state index contributed by atoms with van der Waals surface area (Å²) in [6, 6.07) is 7.89. The summed E-state index contributed by atoms with van der Waals surface area (Å²) in [5, 5.41) is 14.4. The normalized spacial score (nSPS) is 11.1. The lowest BCUT2D eigenvalue weighted by Gasteiger charge is -2.13. The first-order valence-electron chi connectivity index (χ1n) is 6.78. The third-order valence-corrected chi connectivity index (χ3v) is 3.23. The molecule has 0 aliphatic carbocycles. The maximum Gasteiger partial charge on any atom is 0.309 e. The van der Waals surface area contributed by atoms with Gasteiger partial charge in [0.2, 0.25) is 0 Å². The molecule has 1 N–H and O–H groups in total. The van der Waals surface area contributed by atoms with Gasteiger partial charge in [-0.1, -0.05) is 43.7 Å². The lowest BCUT2D eigenvalue weighted by atomic mass is 10.1. The molecule has 0 aliphatic heterocycles. The highest BCUT2D eigenvalue weighted by molar-refractivity contribution is 5.64. The van der Waals surface area contributed by atoms with Gasteiger partial charge in [0.25, 0.3) is 0 Å². The van der Waals surface area contributed by atoms with Crippen LogP contribution in [0, 0.1) is 19.8 Å². The van der Waals surface area contributed by atoms with Crippen LogP contribution in [-0.2, 0) is 6.54 Å². The number of nitrogens with zero attached hydrogens (tertiary/aromatic N) is 2. The third-order valence-electron chi connectivity index (χ3n) is 3.23. The Bertz CT molecular complexity index is 670. The lowest BCUT2D eigenvalue weighted by molar-refractivity contribution is 0.417. The highest BCUT2D eigenvalue weighted by Gasteiger charge is 2.15. The molecule has 106 valence electrons. The molecule has 0 unspecified atom stereocenters. The Hall–Kier alpha value is -2.10. The van der Waals surface area contributed by atoms with E-state index in [0.717, 1.165) is 11.1 Å². The number of rotatable bonds is 3. The van der Waals surface area contributed by atoms with Crippen molar-refractivity contribution >= 4 is 0 Å². The molecular weight excluding hydrogens is 252 g/mol. The van der Waals surface area contributed by atoms with E-state index in [1.54, 1.807) is 6.92 Å². The Morgan fingerprint density at radius 1 is 1.20 bits per heavy atom. The van der Waals surface area contributed by atoms with Crippen LogP contribution in [-0.4, -0.2) is 14.9 Å². The SMILES string of the molecule is Cc1ccc(-c2nn(CC(C)C)c(=O)c(O)c2C)cc1. The molecular formula is C16H20N2O2. The van der Waals surface area contributed by atoms with E-state index in [2.05, 4.69) is 5.10 Å². The van der Waals surface area contributed by atoms with Crippen LogP contribution in [0.5, 0.6) is 5.75 Å². The summed E-state index contributed by atoms with van der Waals surface area (Å²) < 4.78 is 1.35. The van der Waals surface area contributed by atoms with Crippen molar-refractivity contribution < 1.29 is 5.11 Å². The number of aromatic hydroxyl groups is 1. The summed E-state index contributed by atoms with van der Waals surface area (Å²) in [5.74, 6) is 0.0735. The topological polar surface area (TPSA) is 55.1 Å². The minimum absolute atomic E-state index is 0.212. The highest BCUT2D eigenvalue weighted by Crippen LogP contribution is 2.24. The number of aryl methyl sites for hydroxylation is 1. The lowest BCUT2D eigenvalue weighted by Crippen LogP contribution is -2.26. The third kappa shape index (κ3) is 2.74. The van der Waals surface area contributed by atoms with Crippen molar-refractivity contribution in [2.45, 2.75) is 34.2 Å². The second-order valence-electron chi connectivity index (χ2n) is 5.57. The van der Waals surface area contributed by atoms with E-state index in [9.17, 15) is 9.90 Å². The van der Waals surface area contributed by atoms with E-state index in [1.807, 2.05) is 45.0 Å². The Labute approximate surface area is 118 Å². The summed E-state index contributed by atoms with van der Waals surface area (Å²) in [5.41, 5.74) is 2.82. The Morgan fingerprint density at radius 2 is 1.80 bits per heavy atom. The number of benzene rings is 1. The molecule has 1 aromatic heterocycles. The average molecular weight is 272 g/mol. The quantitative estimate of drug-likeness (QED) is 0.934. The Kier molecular flexibility index (Phi) is 3.93. The predicted octanol–water partition coefficient (Wildman–Crippen LogP) is 2.89. The molecule has 2 rings (SSSR count). The van der Waals surface area contributed by atoms with Gasteiger partial charge in [-0.25, -0.2) is 4.68 Å². The van der Waals surface area contributed by atoms with Crippen LogP contribution in [0.2, 0.25) is 0 Å². The molecule has 4 heteroatoms. The van der Waals surface area contributed by atoms with Gasteiger partial charge >= 0.3 is 5.56 Å². The van der Waals surface area contributed by atoms with Crippen molar-refractivity contribution in [3.8, 4) is 17.0 Å². The average Bonchev–Trinajstić information content (AvgIpc) is 2.40. The van der Waals surface area contributed by atoms with E-state index in [1.165, 1.54) is 4.68 Å². The molecule has 0 saturated carbocycles. The highest BCUT2D eigenvalue weighted by atomic mass is 16.3. The first-order valence-corrected chi connectivity index (χ1v) is 6.78. The molecule has 0 saturated heterocycles. The predicted molar refractivity (Wildman–Crippen MR) is 79.9 cm³/mol. The van der Waals surface area contributed by atoms with E-state index in [4.69, 9.17) is 0 Å². The minimum atomic E-state index is -0.424. The van der Waals surface area contributed by atoms with Crippen molar-refractivity contribution in [3.63, 3.8) is 0 Å². The number of hydrogen-bond donors (Lipinski definition) is 1. The molecule has 0 fully saturated rings. The maximum atomic E-state index is 12.0. The van der Waals surface area contributed by atoms with Crippen molar-refractivity contribution in [2.24, 2.45) is 5.92 Å². The molecule has 1 heterocycles. The van der Waals surface area contributed by atoms with Crippen LogP contribution in [0.25, 0.3) is 11.3 Å². The molecule has 0 radical (unpaired) electrons. The van der Waals surface area contributed by atoms with Crippen LogP contribution >= 0.6 is 0 Å². The zero-order valence-corrected chi connectivity index (χ0v) is 12.3. The molecule has 0 spiro atoms. The second-order valence-corrected chi connectivity index (χ2v) is 5.57. The molecule has 1 aromatic carbocycles. The second kappa shape index (κ2) is 5.49. The molecule has 0 aliphatic rings. The zero-order valence-electron chi connectivity index (χ0n) is 12.3. The maximum absolute atomic E-state index is 12.0. The fourth-order valence-electron chi connectivity index (χ4n) is 2.09. The molecule has 0 atom stereocenters.